The van der Waals surface area contributed by atoms with Crippen molar-refractivity contribution < 1.29 is 67.5 Å². The quantitative estimate of drug-likeness (QED) is 0.0659. The number of rotatable bonds is 9. The van der Waals surface area contributed by atoms with E-state index in [1.54, 1.807) is 78.2 Å². The number of hydrogen-bond acceptors (Lipinski definition) is 12. The Balaban J connectivity index is 0.000000181. The fourth-order valence-corrected chi connectivity index (χ4v) is 13.1. The number of nitrogens with zero attached hydrogens (tertiary/aromatic N) is 4. The van der Waals surface area contributed by atoms with Crippen LogP contribution in [0.25, 0.3) is 17.7 Å². The Morgan fingerprint density at radius 2 is 1.23 bits per heavy atom. The molecule has 0 radical (unpaired) electrons. The molecular formula is C56H51BCl2F10IN5O5S2. The highest BCUT2D eigenvalue weighted by molar-refractivity contribution is 14.1. The van der Waals surface area contributed by atoms with Gasteiger partial charge in [0.15, 0.2) is 34.8 Å². The Bertz CT molecular complexity index is 3350. The lowest BCUT2D eigenvalue weighted by Crippen LogP contribution is -2.46. The highest BCUT2D eigenvalue weighted by Crippen LogP contribution is 2.54. The Labute approximate surface area is 498 Å². The molecule has 0 aliphatic carbocycles. The first-order valence-electron chi connectivity index (χ1n) is 25.1. The molecule has 2 aromatic heterocycles. The third-order valence-corrected chi connectivity index (χ3v) is 17.8. The first-order valence-corrected chi connectivity index (χ1v) is 29.0. The van der Waals surface area contributed by atoms with Crippen molar-refractivity contribution in [1.29, 1.82) is 0 Å². The maximum absolute atomic E-state index is 15.5. The molecule has 10 rings (SSSR count). The van der Waals surface area contributed by atoms with Gasteiger partial charge in [-0.25, -0.2) is 22.6 Å². The number of Topliss-reactive ketones (excluding diaryl/α,β-unsaturated/α-hetero) is 1. The monoisotopic (exact) mass is 1340 g/mol. The zero-order chi connectivity index (χ0) is 59.9. The largest absolute Gasteiger partial charge is 0.494 e. The number of halogens is 13. The third-order valence-electron chi connectivity index (χ3n) is 14.7. The Morgan fingerprint density at radius 1 is 0.732 bits per heavy atom. The van der Waals surface area contributed by atoms with Crippen LogP contribution in [0.4, 0.5) is 43.9 Å². The van der Waals surface area contributed by atoms with Crippen molar-refractivity contribution in [2.24, 2.45) is 27.6 Å². The summed E-state index contributed by atoms with van der Waals surface area (Å²) in [4.78, 5) is 29.6. The van der Waals surface area contributed by atoms with E-state index in [-0.39, 0.29) is 62.0 Å². The number of amidine groups is 1. The molecule has 5 aliphatic rings. The zero-order valence-corrected chi connectivity index (χ0v) is 49.7. The van der Waals surface area contributed by atoms with E-state index in [1.807, 2.05) is 34.6 Å². The smallest absolute Gasteiger partial charge is 0.399 e. The number of aliphatic imine (C=N–C) groups is 2. The number of ether oxygens (including phenoxy) is 2. The summed E-state index contributed by atoms with van der Waals surface area (Å²) >= 11 is 15.7. The molecule has 0 spiro atoms. The van der Waals surface area contributed by atoms with E-state index in [0.717, 1.165) is 46.8 Å². The number of ketones is 1. The second-order valence-electron chi connectivity index (χ2n) is 20.9. The number of carbonyl (C=O) groups is 1. The first kappa shape index (κ1) is 63.5. The Hall–Kier alpha value is -4.54. The third kappa shape index (κ3) is 13.4. The van der Waals surface area contributed by atoms with Gasteiger partial charge in [-0.2, -0.15) is 26.3 Å². The predicted molar refractivity (Wildman–Crippen MR) is 310 cm³/mol. The van der Waals surface area contributed by atoms with Crippen molar-refractivity contribution >= 4 is 116 Å². The minimum Gasteiger partial charge on any atom is -0.399 e. The number of aromatic nitrogens is 2. The van der Waals surface area contributed by atoms with Gasteiger partial charge in [0.2, 0.25) is 0 Å². The number of aryl methyl sites for hydroxylation is 2. The van der Waals surface area contributed by atoms with Gasteiger partial charge in [0, 0.05) is 56.5 Å². The summed E-state index contributed by atoms with van der Waals surface area (Å²) in [5.74, 6) is -5.32. The molecule has 26 heteroatoms. The lowest BCUT2D eigenvalue weighted by atomic mass is 9.73. The van der Waals surface area contributed by atoms with Crippen molar-refractivity contribution in [1.82, 2.24) is 9.97 Å². The lowest BCUT2D eigenvalue weighted by Gasteiger charge is -2.37. The number of pyridine rings is 2. The van der Waals surface area contributed by atoms with Gasteiger partial charge in [-0.05, 0) is 123 Å². The molecule has 82 heavy (non-hydrogen) atoms. The number of hydrogen-bond donors (Lipinski definition) is 1. The van der Waals surface area contributed by atoms with Crippen molar-refractivity contribution in [2.75, 3.05) is 24.7 Å². The molecule has 7 heterocycles. The summed E-state index contributed by atoms with van der Waals surface area (Å²) in [7, 11) is -0.837. The molecule has 5 aromatic rings. The highest BCUT2D eigenvalue weighted by atomic mass is 127. The molecule has 0 amide bonds. The van der Waals surface area contributed by atoms with Gasteiger partial charge < -0.3 is 24.5 Å². The van der Waals surface area contributed by atoms with Crippen LogP contribution in [-0.2, 0) is 29.9 Å². The molecule has 3 fully saturated rings. The van der Waals surface area contributed by atoms with Gasteiger partial charge >= 0.3 is 19.5 Å². The first-order chi connectivity index (χ1) is 38.4. The number of alkyl halides is 6. The van der Waals surface area contributed by atoms with Crippen LogP contribution >= 0.6 is 69.3 Å². The highest BCUT2D eigenvalue weighted by Gasteiger charge is 2.64. The van der Waals surface area contributed by atoms with Crippen molar-refractivity contribution in [3.05, 3.63) is 162 Å². The molecule has 0 bridgehead atoms. The maximum atomic E-state index is 15.5. The fourth-order valence-electron chi connectivity index (χ4n) is 9.83. The van der Waals surface area contributed by atoms with Crippen molar-refractivity contribution in [3.8, 4) is 0 Å². The molecule has 436 valence electrons. The summed E-state index contributed by atoms with van der Waals surface area (Å²) in [6, 6.07) is 19.6. The average molecular weight is 1340 g/mol. The molecular weight excluding hydrogens is 1290 g/mol. The average Bonchev–Trinajstić information content (AvgIpc) is 3.84. The van der Waals surface area contributed by atoms with Gasteiger partial charge in [-0.3, -0.25) is 19.8 Å². The van der Waals surface area contributed by atoms with E-state index in [1.165, 1.54) is 40.6 Å². The van der Waals surface area contributed by atoms with Gasteiger partial charge in [-0.1, -0.05) is 83.5 Å². The van der Waals surface area contributed by atoms with Crippen LogP contribution in [0.15, 0.2) is 105 Å². The standard InChI is InChI=1S/C27H28BF4NO4S.C21H17ClF5N3OS.C8H6ClFIN/c1-24(2)25(3,4)37-28(36-24)17-10-11-20(29)18(12-17)26-15-35-23(27(30,31)32)19(26)14-38-22(33-26)13-21(34)16-8-6-5-7-9-16;1-10-4-14(22)17(29-7-10)16(24)6-11-2-3-15(23)12(5-11)20-9-31-18(21(25,26)27)13(20)8-32-19(28)30-20;1-5-2-6(9)8(12-4-5)7(10)3-11/h5-12,19,23H,13-15H2,1-4H3;2-7,13,18H,8-9H2,1H3,(H2,28,30);2-4H,1H3/b;16-6-;7-3-/t19-,23+,26-;13-,18+,20-;/m11./s1. The Morgan fingerprint density at radius 3 is 1.76 bits per heavy atom. The summed E-state index contributed by atoms with van der Waals surface area (Å²) < 4.78 is 165. The number of fused-ring (bicyclic) bond motifs is 2. The zero-order valence-electron chi connectivity index (χ0n) is 44.4. The summed E-state index contributed by atoms with van der Waals surface area (Å²) in [6.07, 6.45) is -9.51. The second kappa shape index (κ2) is 24.8. The van der Waals surface area contributed by atoms with E-state index in [9.17, 15) is 44.3 Å². The molecule has 2 N–H and O–H groups in total. The minimum absolute atomic E-state index is 0.0218. The molecule has 0 saturated carbocycles. The van der Waals surface area contributed by atoms with Gasteiger partial charge in [0.25, 0.3) is 0 Å². The van der Waals surface area contributed by atoms with Crippen LogP contribution in [0.1, 0.15) is 83.7 Å². The topological polar surface area (TPSA) is 131 Å². The molecule has 6 atom stereocenters. The van der Waals surface area contributed by atoms with Gasteiger partial charge in [-0.15, -0.1) is 11.8 Å². The normalized spacial score (nSPS) is 25.0. The molecule has 0 unspecified atom stereocenters. The van der Waals surface area contributed by atoms with E-state index >= 15 is 4.39 Å². The van der Waals surface area contributed by atoms with Gasteiger partial charge in [0.1, 0.15) is 34.1 Å². The van der Waals surface area contributed by atoms with Crippen molar-refractivity contribution in [2.45, 2.75) is 94.8 Å². The number of carbonyl (C=O) groups excluding carboxylic acids is 1. The van der Waals surface area contributed by atoms with E-state index in [4.69, 9.17) is 47.7 Å². The minimum atomic E-state index is -4.65. The van der Waals surface area contributed by atoms with Gasteiger partial charge in [0.05, 0.1) is 45.9 Å². The second-order valence-corrected chi connectivity index (χ2v) is 24.4. The van der Waals surface area contributed by atoms with Crippen LogP contribution in [0.2, 0.25) is 10.0 Å². The number of benzene rings is 3. The summed E-state index contributed by atoms with van der Waals surface area (Å²) in [5.41, 5.74) is 3.92. The maximum Gasteiger partial charge on any atom is 0.494 e. The molecule has 3 saturated heterocycles. The van der Waals surface area contributed by atoms with Crippen LogP contribution in [0.5, 0.6) is 0 Å². The van der Waals surface area contributed by atoms with Crippen LogP contribution < -0.4 is 11.2 Å². The van der Waals surface area contributed by atoms with Crippen LogP contribution in [-0.4, -0.2) is 93.6 Å². The SMILES string of the molecule is CC1(C)OB(c2ccc(F)c([C@]34CO[C@H](C(F)(F)F)[C@H]3CSC(CC(=O)c3ccccc3)=N4)c2)OC1(C)C.Cc1cnc(/C(F)=C/I)c(Cl)c1.Cc1cnc(/C(F)=C/c2ccc(F)c([C@]34CO[C@H](C(F)(F)F)[C@H]3CSC(N)=N4)c2)c(Cl)c1. The fraction of sp³-hybridized carbons (Fsp3) is 0.375. The number of thioether (sulfide) groups is 2. The van der Waals surface area contributed by atoms with Crippen LogP contribution in [0.3, 0.4) is 0 Å². The Kier molecular flexibility index (Phi) is 19.2. The summed E-state index contributed by atoms with van der Waals surface area (Å²) in [6.45, 7) is 10.2. The van der Waals surface area contributed by atoms with Crippen molar-refractivity contribution in [3.63, 3.8) is 0 Å². The molecule has 3 aromatic carbocycles. The lowest BCUT2D eigenvalue weighted by molar-refractivity contribution is -0.215. The molecule has 5 aliphatic heterocycles. The summed E-state index contributed by atoms with van der Waals surface area (Å²) in [5, 5.41) is 0.829. The number of nitrogens with two attached hydrogens (primary N) is 1. The van der Waals surface area contributed by atoms with E-state index in [2.05, 4.69) is 20.0 Å². The van der Waals surface area contributed by atoms with Crippen LogP contribution in [0, 0.1) is 37.3 Å². The predicted octanol–water partition coefficient (Wildman–Crippen LogP) is 14.5. The molecule has 10 nitrogen and oxygen atoms in total. The van der Waals surface area contributed by atoms with E-state index in [0.29, 0.717) is 21.1 Å². The van der Waals surface area contributed by atoms with E-state index < -0.39 is 102 Å².